The van der Waals surface area contributed by atoms with E-state index >= 15 is 0 Å². The first-order valence-corrected chi connectivity index (χ1v) is 48.2. The van der Waals surface area contributed by atoms with Gasteiger partial charge in [-0.3, -0.25) is 37.3 Å². The summed E-state index contributed by atoms with van der Waals surface area (Å²) in [5.74, 6) is 1.05. The molecule has 636 valence electrons. The van der Waals surface area contributed by atoms with Crippen molar-refractivity contribution < 1.29 is 80.2 Å². The molecular weight excluding hydrogens is 1390 g/mol. The maximum absolute atomic E-state index is 13.2. The molecule has 3 N–H and O–H groups in total. The van der Waals surface area contributed by atoms with Crippen LogP contribution in [0.4, 0.5) is 0 Å². The van der Waals surface area contributed by atoms with Crippen LogP contribution in [0, 0.1) is 23.7 Å². The number of esters is 4. The molecule has 3 unspecified atom stereocenters. The van der Waals surface area contributed by atoms with Gasteiger partial charge < -0.3 is 33.8 Å². The minimum absolute atomic E-state index is 0.107. The van der Waals surface area contributed by atoms with Crippen LogP contribution in [-0.4, -0.2) is 96.7 Å². The predicted octanol–water partition coefficient (Wildman–Crippen LogP) is 26.7. The lowest BCUT2D eigenvalue weighted by Crippen LogP contribution is -2.30. The van der Waals surface area contributed by atoms with E-state index in [9.17, 15) is 43.2 Å². The molecule has 0 rings (SSSR count). The van der Waals surface area contributed by atoms with E-state index in [0.29, 0.717) is 25.7 Å². The van der Waals surface area contributed by atoms with Gasteiger partial charge in [-0.1, -0.05) is 409 Å². The lowest BCUT2D eigenvalue weighted by Gasteiger charge is -2.21. The van der Waals surface area contributed by atoms with E-state index in [1.807, 2.05) is 0 Å². The van der Waals surface area contributed by atoms with E-state index in [1.54, 1.807) is 0 Å². The van der Waals surface area contributed by atoms with Crippen LogP contribution in [0.2, 0.25) is 0 Å². The molecule has 0 aromatic carbocycles. The fraction of sp³-hybridized carbons (Fsp3) is 0.955. The topological polar surface area (TPSA) is 237 Å². The standard InChI is InChI=1S/C88H172O17P2/c1-9-81(8)67-59-51-46-47-53-61-69-86(91)99-75-84(105-88(93)71-62-54-44-38-32-26-19-13-11-10-12-16-22-28-34-40-48-56-64-78(2)3)77-103-107(96,97)101-73-82(89)72-100-106(94,95)102-76-83(104-87(92)70-63-55-45-39-33-27-21-15-18-24-30-36-42-50-58-66-80(6)7)74-98-85(90)68-60-52-43-37-31-25-20-14-17-23-29-35-41-49-57-65-79(4)5/h78-84,89H,9-77H2,1-8H3,(H,94,95)(H,96,97)/t81?,82-,83-,84-/m1/s1. The summed E-state index contributed by atoms with van der Waals surface area (Å²) in [5, 5.41) is 10.7. The molecule has 6 atom stereocenters. The van der Waals surface area contributed by atoms with E-state index in [-0.39, 0.29) is 25.7 Å². The van der Waals surface area contributed by atoms with Crippen molar-refractivity contribution in [3.8, 4) is 0 Å². The van der Waals surface area contributed by atoms with Crippen molar-refractivity contribution in [1.82, 2.24) is 0 Å². The lowest BCUT2D eigenvalue weighted by atomic mass is 10.00. The van der Waals surface area contributed by atoms with Gasteiger partial charge in [0.2, 0.25) is 0 Å². The average Bonchev–Trinajstić information content (AvgIpc) is 0.901. The first-order valence-electron chi connectivity index (χ1n) is 45.2. The Morgan fingerprint density at radius 1 is 0.262 bits per heavy atom. The monoisotopic (exact) mass is 1560 g/mol. The molecule has 0 aliphatic carbocycles. The molecule has 0 saturated heterocycles. The minimum atomic E-state index is -4.97. The molecule has 17 nitrogen and oxygen atoms in total. The number of ether oxygens (including phenoxy) is 4. The van der Waals surface area contributed by atoms with Crippen molar-refractivity contribution >= 4 is 39.5 Å². The van der Waals surface area contributed by atoms with Crippen molar-refractivity contribution in [2.45, 2.75) is 478 Å². The Kier molecular flexibility index (Phi) is 75.3. The van der Waals surface area contributed by atoms with Gasteiger partial charge >= 0.3 is 39.5 Å². The van der Waals surface area contributed by atoms with Gasteiger partial charge in [0.1, 0.15) is 19.3 Å². The highest BCUT2D eigenvalue weighted by molar-refractivity contribution is 7.47. The maximum Gasteiger partial charge on any atom is 0.472 e. The van der Waals surface area contributed by atoms with Crippen molar-refractivity contribution in [2.75, 3.05) is 39.6 Å². The third-order valence-electron chi connectivity index (χ3n) is 20.9. The number of rotatable bonds is 85. The van der Waals surface area contributed by atoms with Crippen LogP contribution in [0.25, 0.3) is 0 Å². The zero-order chi connectivity index (χ0) is 78.8. The first-order chi connectivity index (χ1) is 51.6. The fourth-order valence-electron chi connectivity index (χ4n) is 13.6. The Bertz CT molecular complexity index is 2080. The number of phosphoric ester groups is 2. The van der Waals surface area contributed by atoms with Gasteiger partial charge in [0.05, 0.1) is 26.4 Å². The summed E-state index contributed by atoms with van der Waals surface area (Å²) in [5.41, 5.74) is 0. The van der Waals surface area contributed by atoms with Crippen molar-refractivity contribution in [1.29, 1.82) is 0 Å². The van der Waals surface area contributed by atoms with Crippen molar-refractivity contribution in [2.24, 2.45) is 23.7 Å². The average molecular weight is 1560 g/mol. The number of unbranched alkanes of at least 4 members (excludes halogenated alkanes) is 50. The largest absolute Gasteiger partial charge is 0.472 e. The Labute approximate surface area is 658 Å². The Morgan fingerprint density at radius 3 is 0.664 bits per heavy atom. The number of aliphatic hydroxyl groups is 1. The van der Waals surface area contributed by atoms with Gasteiger partial charge in [0.25, 0.3) is 0 Å². The van der Waals surface area contributed by atoms with Crippen LogP contribution in [0.15, 0.2) is 0 Å². The summed E-state index contributed by atoms with van der Waals surface area (Å²) in [6.07, 6.45) is 66.7. The van der Waals surface area contributed by atoms with Gasteiger partial charge in [-0.15, -0.1) is 0 Å². The molecule has 19 heteroatoms. The van der Waals surface area contributed by atoms with E-state index in [2.05, 4.69) is 55.4 Å². The first kappa shape index (κ1) is 105. The second-order valence-corrected chi connectivity index (χ2v) is 36.2. The molecule has 0 amide bonds. The number of aliphatic hydroxyl groups excluding tert-OH is 1. The molecule has 0 heterocycles. The molecule has 0 spiro atoms. The lowest BCUT2D eigenvalue weighted by molar-refractivity contribution is -0.161. The van der Waals surface area contributed by atoms with E-state index < -0.39 is 97.5 Å². The zero-order valence-electron chi connectivity index (χ0n) is 70.8. The molecule has 107 heavy (non-hydrogen) atoms. The SMILES string of the molecule is CCC(C)CCCCCCCCC(=O)OC[C@H](COP(=O)(O)OC[C@H](O)COP(=O)(O)OC[C@@H](COC(=O)CCCCCCCCCCCCCCCCCC(C)C)OC(=O)CCCCCCCCCCCCCCCCCC(C)C)OC(=O)CCCCCCCCCCCCCCCCCCCCC(C)C. The van der Waals surface area contributed by atoms with E-state index in [1.165, 1.54) is 257 Å². The second-order valence-electron chi connectivity index (χ2n) is 33.3. The summed E-state index contributed by atoms with van der Waals surface area (Å²) in [6.45, 7) is 14.3. The minimum Gasteiger partial charge on any atom is -0.462 e. The number of hydrogen-bond donors (Lipinski definition) is 3. The molecule has 0 bridgehead atoms. The summed E-state index contributed by atoms with van der Waals surface area (Å²) in [7, 11) is -9.93. The van der Waals surface area contributed by atoms with Crippen LogP contribution in [0.5, 0.6) is 0 Å². The molecule has 0 saturated carbocycles. The van der Waals surface area contributed by atoms with Crippen LogP contribution < -0.4 is 0 Å². The maximum atomic E-state index is 13.2. The summed E-state index contributed by atoms with van der Waals surface area (Å²) < 4.78 is 69.0. The fourth-order valence-corrected chi connectivity index (χ4v) is 15.2. The number of phosphoric acid groups is 2. The second kappa shape index (κ2) is 76.7. The normalized spacial score (nSPS) is 14.1. The third-order valence-corrected chi connectivity index (χ3v) is 22.8. The molecule has 0 fully saturated rings. The Morgan fingerprint density at radius 2 is 0.449 bits per heavy atom. The van der Waals surface area contributed by atoms with E-state index in [4.69, 9.17) is 37.0 Å². The van der Waals surface area contributed by atoms with Crippen molar-refractivity contribution in [3.05, 3.63) is 0 Å². The predicted molar refractivity (Wildman–Crippen MR) is 441 cm³/mol. The molecule has 0 radical (unpaired) electrons. The highest BCUT2D eigenvalue weighted by Crippen LogP contribution is 2.45. The third kappa shape index (κ3) is 80.5. The van der Waals surface area contributed by atoms with Gasteiger partial charge in [-0.2, -0.15) is 0 Å². The highest BCUT2D eigenvalue weighted by Gasteiger charge is 2.31. The van der Waals surface area contributed by atoms with Crippen LogP contribution in [0.3, 0.4) is 0 Å². The number of hydrogen-bond acceptors (Lipinski definition) is 15. The highest BCUT2D eigenvalue weighted by atomic mass is 31.2. The quantitative estimate of drug-likeness (QED) is 0.0222. The molecule has 0 aliphatic rings. The van der Waals surface area contributed by atoms with Crippen LogP contribution in [-0.2, 0) is 65.4 Å². The molecule has 0 aromatic rings. The summed E-state index contributed by atoms with van der Waals surface area (Å²) in [4.78, 5) is 73.3. The summed E-state index contributed by atoms with van der Waals surface area (Å²) in [6, 6.07) is 0. The van der Waals surface area contributed by atoms with Gasteiger partial charge in [0, 0.05) is 25.7 Å². The van der Waals surface area contributed by atoms with Crippen LogP contribution in [0.1, 0.15) is 460 Å². The number of carbonyl (C=O) groups excluding carboxylic acids is 4. The zero-order valence-corrected chi connectivity index (χ0v) is 72.6. The Hall–Kier alpha value is -1.94. The van der Waals surface area contributed by atoms with Gasteiger partial charge in [-0.05, 0) is 49.4 Å². The van der Waals surface area contributed by atoms with Gasteiger partial charge in [0.15, 0.2) is 12.2 Å². The molecule has 0 aliphatic heterocycles. The van der Waals surface area contributed by atoms with Gasteiger partial charge in [-0.25, -0.2) is 9.13 Å². The summed E-state index contributed by atoms with van der Waals surface area (Å²) >= 11 is 0. The Balaban J connectivity index is 5.22. The van der Waals surface area contributed by atoms with E-state index in [0.717, 1.165) is 120 Å². The smallest absolute Gasteiger partial charge is 0.462 e. The molecule has 0 aromatic heterocycles. The molecular formula is C88H172O17P2. The van der Waals surface area contributed by atoms with Crippen molar-refractivity contribution in [3.63, 3.8) is 0 Å². The number of carbonyl (C=O) groups is 4. The van der Waals surface area contributed by atoms with Crippen LogP contribution >= 0.6 is 15.6 Å².